The number of hydrogen-bond donors (Lipinski definition) is 2. The summed E-state index contributed by atoms with van der Waals surface area (Å²) in [6, 6.07) is 22.4. The first-order valence-electron chi connectivity index (χ1n) is 8.58. The zero-order chi connectivity index (χ0) is 19.8. The molecule has 0 bridgehead atoms. The van der Waals surface area contributed by atoms with Gasteiger partial charge in [-0.1, -0.05) is 60.7 Å². The van der Waals surface area contributed by atoms with Gasteiger partial charge >= 0.3 is 0 Å². The molecule has 0 atom stereocenters. The molecule has 3 aromatic rings. The summed E-state index contributed by atoms with van der Waals surface area (Å²) in [6.45, 7) is -0.179. The largest absolute Gasteiger partial charge is 0.449 e. The minimum atomic E-state index is -0.496. The van der Waals surface area contributed by atoms with E-state index < -0.39 is 11.8 Å². The van der Waals surface area contributed by atoms with Crippen LogP contribution in [0.15, 0.2) is 82.3 Å². The summed E-state index contributed by atoms with van der Waals surface area (Å²) in [5.74, 6) is -0.645. The van der Waals surface area contributed by atoms with E-state index in [9.17, 15) is 9.59 Å². The Morgan fingerprint density at radius 2 is 1.57 bits per heavy atom. The second kappa shape index (κ2) is 9.84. The average molecular weight is 487 g/mol. The molecule has 1 heterocycles. The molecule has 3 rings (SSSR count). The zero-order valence-corrected chi connectivity index (χ0v) is 17.0. The molecule has 0 unspecified atom stereocenters. The molecule has 1 aromatic heterocycles. The molecule has 0 aliphatic heterocycles. The summed E-state index contributed by atoms with van der Waals surface area (Å²) >= 11 is 2.04. The van der Waals surface area contributed by atoms with Crippen molar-refractivity contribution in [1.82, 2.24) is 10.7 Å². The monoisotopic (exact) mass is 487 g/mol. The van der Waals surface area contributed by atoms with Crippen molar-refractivity contribution in [2.75, 3.05) is 6.54 Å². The van der Waals surface area contributed by atoms with Crippen LogP contribution >= 0.6 is 22.6 Å². The molecule has 142 valence electrons. The summed E-state index contributed by atoms with van der Waals surface area (Å²) in [7, 11) is 0. The van der Waals surface area contributed by atoms with Crippen molar-refractivity contribution in [3.05, 3.63) is 93.5 Å². The summed E-state index contributed by atoms with van der Waals surface area (Å²) in [4.78, 5) is 24.8. The van der Waals surface area contributed by atoms with Gasteiger partial charge in [0.05, 0.1) is 18.7 Å². The van der Waals surface area contributed by atoms with Crippen LogP contribution in [0.4, 0.5) is 0 Å². The number of carbonyl (C=O) groups excluding carboxylic acids is 2. The van der Waals surface area contributed by atoms with Crippen LogP contribution in [0.2, 0.25) is 0 Å². The Labute approximate surface area is 176 Å². The van der Waals surface area contributed by atoms with Gasteiger partial charge in [-0.15, -0.1) is 0 Å². The van der Waals surface area contributed by atoms with Crippen LogP contribution in [0, 0.1) is 3.77 Å². The molecule has 6 nitrogen and oxygen atoms in total. The lowest BCUT2D eigenvalue weighted by atomic mass is 9.90. The summed E-state index contributed by atoms with van der Waals surface area (Å²) in [5, 5.41) is 6.50. The molecule has 0 fully saturated rings. The highest BCUT2D eigenvalue weighted by atomic mass is 127. The van der Waals surface area contributed by atoms with Gasteiger partial charge in [0.2, 0.25) is 5.91 Å². The lowest BCUT2D eigenvalue weighted by Crippen LogP contribution is -2.37. The molecule has 7 heteroatoms. The number of rotatable bonds is 7. The van der Waals surface area contributed by atoms with Crippen LogP contribution in [0.25, 0.3) is 0 Å². The fraction of sp³-hybridized carbons (Fsp3) is 0.0952. The number of hydrogen-bond acceptors (Lipinski definition) is 4. The van der Waals surface area contributed by atoms with Gasteiger partial charge < -0.3 is 9.73 Å². The van der Waals surface area contributed by atoms with Crippen LogP contribution in [-0.2, 0) is 9.59 Å². The van der Waals surface area contributed by atoms with Gasteiger partial charge in [0, 0.05) is 0 Å². The molecule has 0 saturated heterocycles. The van der Waals surface area contributed by atoms with Crippen molar-refractivity contribution >= 4 is 40.6 Å². The maximum absolute atomic E-state index is 12.8. The topological polar surface area (TPSA) is 83.7 Å². The highest BCUT2D eigenvalue weighted by Crippen LogP contribution is 2.24. The third-order valence-electron chi connectivity index (χ3n) is 3.93. The van der Waals surface area contributed by atoms with Gasteiger partial charge in [0.15, 0.2) is 3.77 Å². The Kier molecular flexibility index (Phi) is 6.96. The Morgan fingerprint density at radius 3 is 2.11 bits per heavy atom. The second-order valence-corrected chi connectivity index (χ2v) is 6.97. The van der Waals surface area contributed by atoms with E-state index in [0.717, 1.165) is 14.9 Å². The third-order valence-corrected chi connectivity index (χ3v) is 4.51. The fourth-order valence-corrected chi connectivity index (χ4v) is 3.09. The molecule has 2 amide bonds. The van der Waals surface area contributed by atoms with Crippen molar-refractivity contribution in [3.8, 4) is 0 Å². The molecule has 0 saturated carbocycles. The maximum atomic E-state index is 12.8. The minimum Gasteiger partial charge on any atom is -0.449 e. The first kappa shape index (κ1) is 19.8. The Balaban J connectivity index is 1.61. The predicted molar refractivity (Wildman–Crippen MR) is 115 cm³/mol. The predicted octanol–water partition coefficient (Wildman–Crippen LogP) is 3.28. The fourth-order valence-electron chi connectivity index (χ4n) is 2.66. The lowest BCUT2D eigenvalue weighted by Gasteiger charge is -2.17. The van der Waals surface area contributed by atoms with E-state index >= 15 is 0 Å². The number of halogens is 1. The minimum absolute atomic E-state index is 0.179. The van der Waals surface area contributed by atoms with E-state index in [4.69, 9.17) is 4.42 Å². The smallest absolute Gasteiger partial charge is 0.259 e. The van der Waals surface area contributed by atoms with Gasteiger partial charge in [-0.05, 0) is 45.9 Å². The number of amides is 2. The number of nitrogens with zero attached hydrogens (tertiary/aromatic N) is 1. The highest BCUT2D eigenvalue weighted by Gasteiger charge is 2.22. The first-order chi connectivity index (χ1) is 13.6. The van der Waals surface area contributed by atoms with E-state index in [1.165, 1.54) is 6.21 Å². The highest BCUT2D eigenvalue weighted by molar-refractivity contribution is 14.1. The standard InChI is InChI=1S/C21H18IN3O3/c22-18-12-11-17(28-18)13-24-25-19(26)14-23-21(27)20(15-7-3-1-4-8-15)16-9-5-2-6-10-16/h1-13,20H,14H2,(H,23,27)(H,25,26). The van der Waals surface area contributed by atoms with Crippen LogP contribution in [0.3, 0.4) is 0 Å². The number of hydrazone groups is 1. The number of carbonyl (C=O) groups is 2. The van der Waals surface area contributed by atoms with Crippen molar-refractivity contribution in [3.63, 3.8) is 0 Å². The van der Waals surface area contributed by atoms with E-state index in [1.54, 1.807) is 12.1 Å². The first-order valence-corrected chi connectivity index (χ1v) is 9.66. The number of furan rings is 1. The normalized spacial score (nSPS) is 10.9. The van der Waals surface area contributed by atoms with Gasteiger partial charge in [-0.25, -0.2) is 5.43 Å². The van der Waals surface area contributed by atoms with Crippen LogP contribution in [-0.4, -0.2) is 24.6 Å². The molecule has 2 N–H and O–H groups in total. The average Bonchev–Trinajstić information content (AvgIpc) is 3.13. The molecular formula is C21H18IN3O3. The summed E-state index contributed by atoms with van der Waals surface area (Å²) in [5.41, 5.74) is 4.08. The molecule has 28 heavy (non-hydrogen) atoms. The Morgan fingerprint density at radius 1 is 0.964 bits per heavy atom. The zero-order valence-electron chi connectivity index (χ0n) is 14.8. The molecule has 2 aromatic carbocycles. The second-order valence-electron chi connectivity index (χ2n) is 5.91. The van der Waals surface area contributed by atoms with Crippen LogP contribution in [0.5, 0.6) is 0 Å². The van der Waals surface area contributed by atoms with E-state index in [2.05, 4.69) is 15.8 Å². The van der Waals surface area contributed by atoms with E-state index in [1.807, 2.05) is 83.3 Å². The van der Waals surface area contributed by atoms with E-state index in [0.29, 0.717) is 5.76 Å². The quantitative estimate of drug-likeness (QED) is 0.305. The van der Waals surface area contributed by atoms with Gasteiger partial charge in [-0.2, -0.15) is 5.10 Å². The van der Waals surface area contributed by atoms with Gasteiger partial charge in [-0.3, -0.25) is 9.59 Å². The van der Waals surface area contributed by atoms with Crippen molar-refractivity contribution < 1.29 is 14.0 Å². The van der Waals surface area contributed by atoms with E-state index in [-0.39, 0.29) is 12.5 Å². The van der Waals surface area contributed by atoms with Gasteiger partial charge in [0.25, 0.3) is 5.91 Å². The van der Waals surface area contributed by atoms with Crippen molar-refractivity contribution in [1.29, 1.82) is 0 Å². The molecule has 0 aliphatic carbocycles. The molecule has 0 spiro atoms. The SMILES string of the molecule is O=C(CNC(=O)C(c1ccccc1)c1ccccc1)NN=Cc1ccc(I)o1. The molecule has 0 aliphatic rings. The summed E-state index contributed by atoms with van der Waals surface area (Å²) in [6.07, 6.45) is 1.40. The van der Waals surface area contributed by atoms with Crippen molar-refractivity contribution in [2.45, 2.75) is 5.92 Å². The van der Waals surface area contributed by atoms with Crippen LogP contribution in [0.1, 0.15) is 22.8 Å². The third kappa shape index (κ3) is 5.53. The molecule has 0 radical (unpaired) electrons. The summed E-state index contributed by atoms with van der Waals surface area (Å²) < 4.78 is 6.04. The van der Waals surface area contributed by atoms with Crippen molar-refractivity contribution in [2.24, 2.45) is 5.10 Å². The van der Waals surface area contributed by atoms with Gasteiger partial charge in [0.1, 0.15) is 5.76 Å². The maximum Gasteiger partial charge on any atom is 0.259 e. The van der Waals surface area contributed by atoms with Crippen LogP contribution < -0.4 is 10.7 Å². The Bertz CT molecular complexity index is 916. The number of benzene rings is 2. The Hall–Kier alpha value is -2.94. The lowest BCUT2D eigenvalue weighted by molar-refractivity contribution is -0.126. The number of nitrogens with one attached hydrogen (secondary N) is 2. The molecular weight excluding hydrogens is 469 g/mol.